The third-order valence-corrected chi connectivity index (χ3v) is 2.92. The highest BCUT2D eigenvalue weighted by molar-refractivity contribution is 5.98. The Morgan fingerprint density at radius 3 is 2.85 bits per heavy atom. The molecule has 0 spiro atoms. The van der Waals surface area contributed by atoms with E-state index in [0.29, 0.717) is 13.1 Å². The summed E-state index contributed by atoms with van der Waals surface area (Å²) in [4.78, 5) is 35.1. The van der Waals surface area contributed by atoms with Crippen LogP contribution in [0.15, 0.2) is 18.2 Å². The monoisotopic (exact) mass is 279 g/mol. The number of nitrogens with two attached hydrogens (primary N) is 1. The number of hydrogen-bond acceptors (Lipinski definition) is 6. The van der Waals surface area contributed by atoms with Crippen LogP contribution in [0.25, 0.3) is 0 Å². The minimum Gasteiger partial charge on any atom is -0.353 e. The Balaban J connectivity index is 2.28. The lowest BCUT2D eigenvalue weighted by molar-refractivity contribution is -0.384. The van der Waals surface area contributed by atoms with Gasteiger partial charge in [-0.05, 0) is 12.1 Å². The molecule has 20 heavy (non-hydrogen) atoms. The number of nitrogens with one attached hydrogen (secondary N) is 2. The molecular weight excluding hydrogens is 266 g/mol. The summed E-state index contributed by atoms with van der Waals surface area (Å²) in [5.41, 5.74) is 2.16. The van der Waals surface area contributed by atoms with Crippen LogP contribution in [-0.4, -0.2) is 41.3 Å². The van der Waals surface area contributed by atoms with Gasteiger partial charge in [0.05, 0.1) is 11.5 Å². The molecule has 1 aliphatic rings. The molecule has 2 rings (SSSR count). The quantitative estimate of drug-likeness (QED) is 0.386. The molecule has 1 aliphatic heterocycles. The zero-order valence-corrected chi connectivity index (χ0v) is 10.5. The minimum absolute atomic E-state index is 0.0521. The van der Waals surface area contributed by atoms with E-state index in [9.17, 15) is 19.7 Å². The minimum atomic E-state index is -0.630. The first-order chi connectivity index (χ1) is 9.52. The third kappa shape index (κ3) is 2.67. The molecule has 1 heterocycles. The molecule has 4 N–H and O–H groups in total. The van der Waals surface area contributed by atoms with Crippen LogP contribution < -0.4 is 16.6 Å². The second kappa shape index (κ2) is 5.53. The van der Waals surface area contributed by atoms with Gasteiger partial charge in [0, 0.05) is 24.7 Å². The Bertz CT molecular complexity index is 574. The topological polar surface area (TPSA) is 131 Å². The van der Waals surface area contributed by atoms with Crippen molar-refractivity contribution in [2.75, 3.05) is 25.1 Å². The molecule has 1 fully saturated rings. The van der Waals surface area contributed by atoms with Crippen LogP contribution in [0.2, 0.25) is 0 Å². The molecule has 1 saturated heterocycles. The van der Waals surface area contributed by atoms with E-state index < -0.39 is 10.8 Å². The predicted molar refractivity (Wildman–Crippen MR) is 69.8 cm³/mol. The van der Waals surface area contributed by atoms with Crippen LogP contribution in [0.1, 0.15) is 10.4 Å². The number of nitro benzene ring substituents is 1. The zero-order valence-electron chi connectivity index (χ0n) is 10.5. The predicted octanol–water partition coefficient (Wildman–Crippen LogP) is -0.548. The molecule has 0 atom stereocenters. The lowest BCUT2D eigenvalue weighted by Gasteiger charge is -2.26. The summed E-state index contributed by atoms with van der Waals surface area (Å²) < 4.78 is 0. The number of carbonyl (C=O) groups excluding carboxylic acids is 2. The first-order valence-corrected chi connectivity index (χ1v) is 5.84. The van der Waals surface area contributed by atoms with Crippen molar-refractivity contribution in [2.45, 2.75) is 0 Å². The Labute approximate surface area is 113 Å². The van der Waals surface area contributed by atoms with Crippen molar-refractivity contribution in [2.24, 2.45) is 5.84 Å². The summed E-state index contributed by atoms with van der Waals surface area (Å²) in [6, 6.07) is 3.93. The second-order valence-electron chi connectivity index (χ2n) is 4.21. The van der Waals surface area contributed by atoms with E-state index in [2.05, 4.69) is 10.7 Å². The highest BCUT2D eigenvalue weighted by Gasteiger charge is 2.24. The normalized spacial score (nSPS) is 14.7. The van der Waals surface area contributed by atoms with Crippen LogP contribution >= 0.6 is 0 Å². The SMILES string of the molecule is NNc1ccc(C(=O)N2CCNC(=O)C2)cc1[N+](=O)[O-]. The number of nitrogen functional groups attached to an aromatic ring is 1. The summed E-state index contributed by atoms with van der Waals surface area (Å²) in [7, 11) is 0. The zero-order chi connectivity index (χ0) is 14.7. The summed E-state index contributed by atoms with van der Waals surface area (Å²) in [5, 5.41) is 13.5. The first-order valence-electron chi connectivity index (χ1n) is 5.84. The first kappa shape index (κ1) is 13.7. The molecule has 0 aromatic heterocycles. The van der Waals surface area contributed by atoms with Gasteiger partial charge in [0.1, 0.15) is 5.69 Å². The maximum Gasteiger partial charge on any atom is 0.294 e. The summed E-state index contributed by atoms with van der Waals surface area (Å²) in [6.45, 7) is 0.688. The Kier molecular flexibility index (Phi) is 3.80. The van der Waals surface area contributed by atoms with Crippen LogP contribution in [0.5, 0.6) is 0 Å². The van der Waals surface area contributed by atoms with E-state index in [1.54, 1.807) is 0 Å². The number of benzene rings is 1. The molecule has 0 saturated carbocycles. The fourth-order valence-electron chi connectivity index (χ4n) is 1.93. The lowest BCUT2D eigenvalue weighted by Crippen LogP contribution is -2.49. The van der Waals surface area contributed by atoms with E-state index in [-0.39, 0.29) is 29.4 Å². The van der Waals surface area contributed by atoms with Crippen LogP contribution in [0.3, 0.4) is 0 Å². The number of rotatable bonds is 3. The molecule has 106 valence electrons. The third-order valence-electron chi connectivity index (χ3n) is 2.92. The standard InChI is InChI=1S/C11H13N5O4/c12-14-8-2-1-7(5-9(8)16(19)20)11(18)15-4-3-13-10(17)6-15/h1-2,5,14H,3-4,6,12H2,(H,13,17). The van der Waals surface area contributed by atoms with Gasteiger partial charge in [0.25, 0.3) is 11.6 Å². The van der Waals surface area contributed by atoms with Gasteiger partial charge in [-0.25, -0.2) is 0 Å². The van der Waals surface area contributed by atoms with Crippen molar-refractivity contribution in [3.05, 3.63) is 33.9 Å². The smallest absolute Gasteiger partial charge is 0.294 e. The molecule has 2 amide bonds. The number of anilines is 1. The van der Waals surface area contributed by atoms with Gasteiger partial charge < -0.3 is 15.6 Å². The Hall–Kier alpha value is -2.68. The van der Waals surface area contributed by atoms with Gasteiger partial charge in [-0.2, -0.15) is 0 Å². The number of hydrazine groups is 1. The van der Waals surface area contributed by atoms with Crippen molar-refractivity contribution in [3.63, 3.8) is 0 Å². The van der Waals surface area contributed by atoms with Crippen molar-refractivity contribution in [3.8, 4) is 0 Å². The van der Waals surface area contributed by atoms with E-state index in [1.165, 1.54) is 17.0 Å². The number of hydrogen-bond donors (Lipinski definition) is 3. The van der Waals surface area contributed by atoms with Gasteiger partial charge in [-0.1, -0.05) is 0 Å². The number of carbonyl (C=O) groups is 2. The Morgan fingerprint density at radius 2 is 2.25 bits per heavy atom. The van der Waals surface area contributed by atoms with E-state index >= 15 is 0 Å². The lowest BCUT2D eigenvalue weighted by atomic mass is 10.1. The highest BCUT2D eigenvalue weighted by atomic mass is 16.6. The van der Waals surface area contributed by atoms with Gasteiger partial charge in [0.2, 0.25) is 5.91 Å². The van der Waals surface area contributed by atoms with Gasteiger partial charge in [0.15, 0.2) is 0 Å². The number of piperazine rings is 1. The summed E-state index contributed by atoms with van der Waals surface area (Å²) >= 11 is 0. The average molecular weight is 279 g/mol. The van der Waals surface area contributed by atoms with Crippen LogP contribution in [0.4, 0.5) is 11.4 Å². The number of nitro groups is 1. The molecular formula is C11H13N5O4. The average Bonchev–Trinajstić information content (AvgIpc) is 2.45. The number of amides is 2. The van der Waals surface area contributed by atoms with E-state index in [0.717, 1.165) is 6.07 Å². The van der Waals surface area contributed by atoms with Gasteiger partial charge >= 0.3 is 0 Å². The molecule has 0 radical (unpaired) electrons. The van der Waals surface area contributed by atoms with E-state index in [1.807, 2.05) is 0 Å². The Morgan fingerprint density at radius 1 is 1.50 bits per heavy atom. The van der Waals surface area contributed by atoms with Crippen molar-refractivity contribution < 1.29 is 14.5 Å². The maximum absolute atomic E-state index is 12.2. The summed E-state index contributed by atoms with van der Waals surface area (Å²) in [5.74, 6) is 4.50. The van der Waals surface area contributed by atoms with E-state index in [4.69, 9.17) is 5.84 Å². The molecule has 0 bridgehead atoms. The van der Waals surface area contributed by atoms with Crippen molar-refractivity contribution in [1.82, 2.24) is 10.2 Å². The molecule has 1 aromatic carbocycles. The number of nitrogens with zero attached hydrogens (tertiary/aromatic N) is 2. The molecule has 9 heteroatoms. The van der Waals surface area contributed by atoms with Gasteiger partial charge in [-0.15, -0.1) is 0 Å². The van der Waals surface area contributed by atoms with Gasteiger partial charge in [-0.3, -0.25) is 25.5 Å². The largest absolute Gasteiger partial charge is 0.353 e. The van der Waals surface area contributed by atoms with Crippen molar-refractivity contribution >= 4 is 23.2 Å². The molecule has 0 unspecified atom stereocenters. The fourth-order valence-corrected chi connectivity index (χ4v) is 1.93. The summed E-state index contributed by atoms with van der Waals surface area (Å²) in [6.07, 6.45) is 0. The molecule has 9 nitrogen and oxygen atoms in total. The van der Waals surface area contributed by atoms with Crippen LogP contribution in [0, 0.1) is 10.1 Å². The highest BCUT2D eigenvalue weighted by Crippen LogP contribution is 2.25. The molecule has 1 aromatic rings. The van der Waals surface area contributed by atoms with Crippen molar-refractivity contribution in [1.29, 1.82) is 0 Å². The maximum atomic E-state index is 12.2. The fraction of sp³-hybridized carbons (Fsp3) is 0.273. The second-order valence-corrected chi connectivity index (χ2v) is 4.21. The van der Waals surface area contributed by atoms with Crippen LogP contribution in [-0.2, 0) is 4.79 Å². The molecule has 0 aliphatic carbocycles.